The van der Waals surface area contributed by atoms with Crippen molar-refractivity contribution in [2.45, 2.75) is 51.2 Å². The van der Waals surface area contributed by atoms with Crippen LogP contribution in [0.1, 0.15) is 70.8 Å². The Bertz CT molecular complexity index is 1440. The van der Waals surface area contributed by atoms with Crippen LogP contribution >= 0.6 is 12.4 Å². The number of aryl methyl sites for hydroxylation is 1. The van der Waals surface area contributed by atoms with Crippen LogP contribution in [0.15, 0.2) is 78.9 Å². The zero-order valence-corrected chi connectivity index (χ0v) is 22.4. The average molecular weight is 534 g/mol. The highest BCUT2D eigenvalue weighted by molar-refractivity contribution is 5.89. The van der Waals surface area contributed by atoms with Crippen molar-refractivity contribution in [2.24, 2.45) is 0 Å². The van der Waals surface area contributed by atoms with Crippen LogP contribution in [0.25, 0.3) is 10.8 Å². The van der Waals surface area contributed by atoms with Gasteiger partial charge in [-0.15, -0.1) is 12.4 Å². The molecule has 0 fully saturated rings. The van der Waals surface area contributed by atoms with E-state index >= 15 is 0 Å². The van der Waals surface area contributed by atoms with E-state index in [0.29, 0.717) is 10.9 Å². The van der Waals surface area contributed by atoms with E-state index in [1.807, 2.05) is 73.7 Å². The fourth-order valence-electron chi connectivity index (χ4n) is 5.49. The fraction of sp³-hybridized carbons (Fsp3) is 0.281. The zero-order valence-electron chi connectivity index (χ0n) is 21.6. The second kappa shape index (κ2) is 12.0. The summed E-state index contributed by atoms with van der Waals surface area (Å²) in [5, 5.41) is 14.8. The first-order valence-corrected chi connectivity index (χ1v) is 12.9. The number of carboxylic acids is 1. The topological polar surface area (TPSA) is 58.6 Å². The quantitative estimate of drug-likeness (QED) is 0.227. The maximum absolute atomic E-state index is 14.2. The van der Waals surface area contributed by atoms with Gasteiger partial charge in [0.15, 0.2) is 0 Å². The summed E-state index contributed by atoms with van der Waals surface area (Å²) in [6.07, 6.45) is 2.65. The van der Waals surface area contributed by atoms with E-state index in [1.54, 1.807) is 6.07 Å². The Hall–Kier alpha value is -3.41. The summed E-state index contributed by atoms with van der Waals surface area (Å²) < 4.78 is 20.6. The van der Waals surface area contributed by atoms with Crippen molar-refractivity contribution in [1.29, 1.82) is 0 Å². The molecule has 198 valence electrons. The molecule has 38 heavy (non-hydrogen) atoms. The Morgan fingerprint density at radius 3 is 2.58 bits per heavy atom. The van der Waals surface area contributed by atoms with Crippen LogP contribution in [0, 0.1) is 12.7 Å². The van der Waals surface area contributed by atoms with Gasteiger partial charge in [-0.1, -0.05) is 60.7 Å². The van der Waals surface area contributed by atoms with Gasteiger partial charge in [0, 0.05) is 22.9 Å². The highest BCUT2D eigenvalue weighted by Gasteiger charge is 2.29. The second-order valence-corrected chi connectivity index (χ2v) is 9.95. The Morgan fingerprint density at radius 2 is 1.79 bits per heavy atom. The number of carbonyl (C=O) groups is 1. The monoisotopic (exact) mass is 533 g/mol. The van der Waals surface area contributed by atoms with E-state index in [4.69, 9.17) is 4.74 Å². The minimum Gasteiger partial charge on any atom is -0.490 e. The molecule has 3 atom stereocenters. The van der Waals surface area contributed by atoms with Gasteiger partial charge in [-0.25, -0.2) is 9.18 Å². The molecule has 4 nitrogen and oxygen atoms in total. The Balaban J connectivity index is 0.00000336. The normalized spacial score (nSPS) is 17.2. The first-order valence-electron chi connectivity index (χ1n) is 12.9. The molecule has 0 amide bonds. The van der Waals surface area contributed by atoms with Crippen molar-refractivity contribution in [3.8, 4) is 5.75 Å². The van der Waals surface area contributed by atoms with Crippen molar-refractivity contribution >= 4 is 29.1 Å². The molecule has 2 unspecified atom stereocenters. The van der Waals surface area contributed by atoms with E-state index in [9.17, 15) is 14.3 Å². The summed E-state index contributed by atoms with van der Waals surface area (Å²) in [5.41, 5.74) is 4.33. The van der Waals surface area contributed by atoms with Crippen molar-refractivity contribution in [1.82, 2.24) is 5.32 Å². The molecule has 0 aliphatic carbocycles. The molecule has 4 aromatic carbocycles. The summed E-state index contributed by atoms with van der Waals surface area (Å²) in [6.45, 7) is 4.75. The van der Waals surface area contributed by atoms with Gasteiger partial charge in [0.1, 0.15) is 11.6 Å². The van der Waals surface area contributed by atoms with E-state index < -0.39 is 5.97 Å². The standard InChI is InChI=1S/C32H32FNO3.ClH/c1-20-13-14-22(18-28(20)32(35)36)29-19-23(37-31-12-6-5-11-27(29)31)8-7-17-34-21(2)24-15-16-30(33)26-10-4-3-9-25(24)26;/h3-6,9-16,18,21,23,29,34H,7-8,17,19H2,1-2H3,(H,35,36);1H/t21-,23?,29?;/m1./s1. The van der Waals surface area contributed by atoms with Crippen LogP contribution in [0.4, 0.5) is 4.39 Å². The predicted molar refractivity (Wildman–Crippen MR) is 152 cm³/mol. The number of carboxylic acid groups (broad SMARTS) is 1. The van der Waals surface area contributed by atoms with Crippen molar-refractivity contribution in [2.75, 3.05) is 6.54 Å². The smallest absolute Gasteiger partial charge is 0.335 e. The van der Waals surface area contributed by atoms with Crippen LogP contribution in [-0.4, -0.2) is 23.7 Å². The largest absolute Gasteiger partial charge is 0.490 e. The van der Waals surface area contributed by atoms with Gasteiger partial charge in [0.25, 0.3) is 0 Å². The summed E-state index contributed by atoms with van der Waals surface area (Å²) in [4.78, 5) is 11.7. The number of ether oxygens (including phenoxy) is 1. The lowest BCUT2D eigenvalue weighted by Gasteiger charge is -2.33. The summed E-state index contributed by atoms with van der Waals surface area (Å²) >= 11 is 0. The number of rotatable bonds is 8. The molecule has 0 radical (unpaired) electrons. The fourth-order valence-corrected chi connectivity index (χ4v) is 5.49. The SMILES string of the molecule is Cc1ccc(C2CC(CCCN[C@H](C)c3ccc(F)c4ccccc34)Oc3ccccc32)cc1C(=O)O.Cl. The van der Waals surface area contributed by atoms with E-state index in [2.05, 4.69) is 18.3 Å². The number of para-hydroxylation sites is 1. The highest BCUT2D eigenvalue weighted by Crippen LogP contribution is 2.41. The number of nitrogens with one attached hydrogen (secondary N) is 1. The molecule has 0 aromatic heterocycles. The van der Waals surface area contributed by atoms with Crippen LogP contribution in [-0.2, 0) is 0 Å². The number of aromatic carboxylic acids is 1. The van der Waals surface area contributed by atoms with Crippen LogP contribution in [0.2, 0.25) is 0 Å². The number of benzene rings is 4. The molecule has 1 heterocycles. The third kappa shape index (κ3) is 5.69. The number of hydrogen-bond donors (Lipinski definition) is 2. The van der Waals surface area contributed by atoms with Crippen LogP contribution in [0.3, 0.4) is 0 Å². The molecule has 2 N–H and O–H groups in total. The third-order valence-corrected chi connectivity index (χ3v) is 7.51. The minimum absolute atomic E-state index is 0. The average Bonchev–Trinajstić information content (AvgIpc) is 2.91. The van der Waals surface area contributed by atoms with Gasteiger partial charge >= 0.3 is 5.97 Å². The lowest BCUT2D eigenvalue weighted by atomic mass is 9.82. The van der Waals surface area contributed by atoms with Crippen LogP contribution < -0.4 is 10.1 Å². The molecule has 0 spiro atoms. The molecule has 0 saturated heterocycles. The molecular formula is C32H33ClFNO3. The number of hydrogen-bond acceptors (Lipinski definition) is 3. The Labute approximate surface area is 229 Å². The third-order valence-electron chi connectivity index (χ3n) is 7.51. The molecule has 1 aliphatic heterocycles. The Kier molecular flexibility index (Phi) is 8.70. The molecule has 5 rings (SSSR count). The van der Waals surface area contributed by atoms with E-state index in [0.717, 1.165) is 59.2 Å². The van der Waals surface area contributed by atoms with Gasteiger partial charge in [0.2, 0.25) is 0 Å². The van der Waals surface area contributed by atoms with Crippen molar-refractivity contribution in [3.05, 3.63) is 112 Å². The molecule has 4 aromatic rings. The first-order chi connectivity index (χ1) is 17.9. The maximum atomic E-state index is 14.2. The molecular weight excluding hydrogens is 501 g/mol. The minimum atomic E-state index is -0.898. The molecule has 6 heteroatoms. The van der Waals surface area contributed by atoms with E-state index in [-0.39, 0.29) is 36.3 Å². The van der Waals surface area contributed by atoms with Gasteiger partial charge in [0.05, 0.1) is 11.7 Å². The first kappa shape index (κ1) is 27.6. The van der Waals surface area contributed by atoms with Crippen LogP contribution in [0.5, 0.6) is 5.75 Å². The van der Waals surface area contributed by atoms with Crippen molar-refractivity contribution < 1.29 is 19.0 Å². The summed E-state index contributed by atoms with van der Waals surface area (Å²) in [5.74, 6) is -0.128. The van der Waals surface area contributed by atoms with Gasteiger partial charge in [-0.2, -0.15) is 0 Å². The molecule has 0 bridgehead atoms. The lowest BCUT2D eigenvalue weighted by molar-refractivity contribution is 0.0696. The molecule has 1 aliphatic rings. The number of halogens is 2. The van der Waals surface area contributed by atoms with Gasteiger partial charge < -0.3 is 15.2 Å². The zero-order chi connectivity index (χ0) is 25.9. The van der Waals surface area contributed by atoms with Crippen molar-refractivity contribution in [3.63, 3.8) is 0 Å². The Morgan fingerprint density at radius 1 is 1.05 bits per heavy atom. The summed E-state index contributed by atoms with van der Waals surface area (Å²) in [7, 11) is 0. The van der Waals surface area contributed by atoms with Gasteiger partial charge in [-0.05, 0) is 79.9 Å². The molecule has 0 saturated carbocycles. The van der Waals surface area contributed by atoms with Gasteiger partial charge in [-0.3, -0.25) is 0 Å². The van der Waals surface area contributed by atoms with E-state index in [1.165, 1.54) is 0 Å². The maximum Gasteiger partial charge on any atom is 0.335 e. The highest BCUT2D eigenvalue weighted by atomic mass is 35.5. The second-order valence-electron chi connectivity index (χ2n) is 9.95. The summed E-state index contributed by atoms with van der Waals surface area (Å²) in [6, 6.07) is 24.9. The predicted octanol–water partition coefficient (Wildman–Crippen LogP) is 7.82. The lowest BCUT2D eigenvalue weighted by Crippen LogP contribution is -2.28. The number of fused-ring (bicyclic) bond motifs is 2.